The van der Waals surface area contributed by atoms with Crippen LogP contribution < -0.4 is 4.72 Å². The molecule has 0 spiro atoms. The Labute approximate surface area is 96.6 Å². The molecule has 0 saturated carbocycles. The molecule has 0 heterocycles. The summed E-state index contributed by atoms with van der Waals surface area (Å²) in [5, 5.41) is 0. The monoisotopic (exact) mass is 247 g/mol. The van der Waals surface area contributed by atoms with Crippen LogP contribution in [0.15, 0.2) is 0 Å². The lowest BCUT2D eigenvalue weighted by atomic mass is 10.2. The number of hydrogen-bond acceptors (Lipinski definition) is 4. The minimum atomic E-state index is -3.66. The Balaban J connectivity index is 4.34. The third-order valence-electron chi connectivity index (χ3n) is 1.82. The second-order valence-corrected chi connectivity index (χ2v) is 4.95. The first-order valence-corrected chi connectivity index (χ1v) is 6.69. The van der Waals surface area contributed by atoms with Crippen molar-refractivity contribution in [2.45, 2.75) is 32.7 Å². The van der Waals surface area contributed by atoms with Crippen molar-refractivity contribution in [2.75, 3.05) is 12.4 Å². The summed E-state index contributed by atoms with van der Waals surface area (Å²) in [4.78, 5) is 11.0. The molecular formula is C10H17NO4S. The third-order valence-corrected chi connectivity index (χ3v) is 3.12. The van der Waals surface area contributed by atoms with Crippen LogP contribution in [0.1, 0.15) is 26.7 Å². The molecule has 0 bridgehead atoms. The topological polar surface area (TPSA) is 72.5 Å². The van der Waals surface area contributed by atoms with E-state index < -0.39 is 21.7 Å². The number of carbonyl (C=O) groups excluding carboxylic acids is 1. The van der Waals surface area contributed by atoms with Crippen LogP contribution in [-0.4, -0.2) is 32.8 Å². The summed E-state index contributed by atoms with van der Waals surface area (Å²) in [6, 6.07) is -0.329. The molecule has 0 fully saturated rings. The van der Waals surface area contributed by atoms with Gasteiger partial charge in [-0.3, -0.25) is 4.79 Å². The minimum absolute atomic E-state index is 0.163. The van der Waals surface area contributed by atoms with E-state index in [1.165, 1.54) is 0 Å². The molecule has 1 N–H and O–H groups in total. The van der Waals surface area contributed by atoms with Crippen LogP contribution in [0.3, 0.4) is 0 Å². The van der Waals surface area contributed by atoms with Crippen LogP contribution in [0.5, 0.6) is 0 Å². The first-order chi connectivity index (χ1) is 7.45. The van der Waals surface area contributed by atoms with Crippen molar-refractivity contribution < 1.29 is 17.9 Å². The van der Waals surface area contributed by atoms with Gasteiger partial charge in [-0.05, 0) is 13.3 Å². The maximum absolute atomic E-state index is 11.5. The smallest absolute Gasteiger partial charge is 0.322 e. The van der Waals surface area contributed by atoms with E-state index in [0.717, 1.165) is 0 Å². The molecule has 0 aromatic rings. The summed E-state index contributed by atoms with van der Waals surface area (Å²) in [5.41, 5.74) is 0. The fraction of sp³-hybridized carbons (Fsp3) is 0.700. The molecule has 0 amide bonds. The van der Waals surface area contributed by atoms with Gasteiger partial charge in [0.2, 0.25) is 10.0 Å². The van der Waals surface area contributed by atoms with Crippen molar-refractivity contribution in [3.05, 3.63) is 0 Å². The Morgan fingerprint density at radius 3 is 2.56 bits per heavy atom. The predicted molar refractivity (Wildman–Crippen MR) is 61.1 cm³/mol. The largest absolute Gasteiger partial charge is 0.465 e. The number of esters is 1. The number of ether oxygens (including phenoxy) is 1. The molecule has 1 unspecified atom stereocenters. The summed E-state index contributed by atoms with van der Waals surface area (Å²) < 4.78 is 29.9. The van der Waals surface area contributed by atoms with E-state index in [9.17, 15) is 13.2 Å². The van der Waals surface area contributed by atoms with Crippen molar-refractivity contribution in [3.8, 4) is 12.3 Å². The predicted octanol–water partition coefficient (Wildman–Crippen LogP) is 0.271. The lowest BCUT2D eigenvalue weighted by molar-refractivity contribution is -0.139. The van der Waals surface area contributed by atoms with Gasteiger partial charge in [0.15, 0.2) is 5.75 Å². The quantitative estimate of drug-likeness (QED) is 0.518. The Morgan fingerprint density at radius 2 is 2.12 bits per heavy atom. The van der Waals surface area contributed by atoms with Gasteiger partial charge in [0.25, 0.3) is 0 Å². The molecule has 5 nitrogen and oxygen atoms in total. The fourth-order valence-electron chi connectivity index (χ4n) is 1.07. The summed E-state index contributed by atoms with van der Waals surface area (Å²) in [5.74, 6) is 0.953. The molecule has 0 aliphatic rings. The summed E-state index contributed by atoms with van der Waals surface area (Å²) >= 11 is 0. The van der Waals surface area contributed by atoms with Gasteiger partial charge < -0.3 is 4.74 Å². The van der Waals surface area contributed by atoms with E-state index in [4.69, 9.17) is 6.42 Å². The maximum Gasteiger partial charge on any atom is 0.322 e. The van der Waals surface area contributed by atoms with Crippen molar-refractivity contribution in [3.63, 3.8) is 0 Å². The highest BCUT2D eigenvalue weighted by molar-refractivity contribution is 7.90. The number of nitrogens with one attached hydrogen (secondary N) is 1. The van der Waals surface area contributed by atoms with E-state index in [-0.39, 0.29) is 12.6 Å². The standard InChI is InChI=1S/C10H17NO4S/c1-4-7-9(5-2)11-16(13,14)8-10(12)15-6-3/h1,9,11H,5-8H2,2-3H3. The van der Waals surface area contributed by atoms with Crippen molar-refractivity contribution in [2.24, 2.45) is 0 Å². The third kappa shape index (κ3) is 6.43. The van der Waals surface area contributed by atoms with Gasteiger partial charge in [0.05, 0.1) is 6.61 Å². The lowest BCUT2D eigenvalue weighted by Gasteiger charge is -2.13. The molecular weight excluding hydrogens is 230 g/mol. The van der Waals surface area contributed by atoms with Crippen LogP contribution in [-0.2, 0) is 19.6 Å². The number of rotatable bonds is 7. The Hall–Kier alpha value is -1.06. The van der Waals surface area contributed by atoms with Gasteiger partial charge in [-0.1, -0.05) is 6.92 Å². The summed E-state index contributed by atoms with van der Waals surface area (Å²) in [6.07, 6.45) is 5.98. The molecule has 0 aromatic heterocycles. The average molecular weight is 247 g/mol. The van der Waals surface area contributed by atoms with Crippen LogP contribution in [0.25, 0.3) is 0 Å². The molecule has 0 aliphatic carbocycles. The van der Waals surface area contributed by atoms with E-state index in [1.807, 2.05) is 6.92 Å². The Morgan fingerprint density at radius 1 is 1.50 bits per heavy atom. The van der Waals surface area contributed by atoms with Crippen molar-refractivity contribution in [1.29, 1.82) is 0 Å². The maximum atomic E-state index is 11.5. The Bertz CT molecular complexity index is 356. The molecule has 0 radical (unpaired) electrons. The molecule has 0 aromatic carbocycles. The zero-order valence-electron chi connectivity index (χ0n) is 9.52. The van der Waals surface area contributed by atoms with E-state index in [1.54, 1.807) is 6.92 Å². The SMILES string of the molecule is C#CCC(CC)NS(=O)(=O)CC(=O)OCC. The molecule has 0 saturated heterocycles. The molecule has 92 valence electrons. The van der Waals surface area contributed by atoms with Crippen LogP contribution >= 0.6 is 0 Å². The Kier molecular flexibility index (Phi) is 6.77. The van der Waals surface area contributed by atoms with E-state index in [0.29, 0.717) is 12.8 Å². The fourth-order valence-corrected chi connectivity index (χ4v) is 2.30. The highest BCUT2D eigenvalue weighted by Crippen LogP contribution is 2.00. The van der Waals surface area contributed by atoms with Gasteiger partial charge in [-0.15, -0.1) is 12.3 Å². The first-order valence-electron chi connectivity index (χ1n) is 5.04. The van der Waals surface area contributed by atoms with Gasteiger partial charge in [0.1, 0.15) is 0 Å². The summed E-state index contributed by atoms with van der Waals surface area (Å²) in [6.45, 7) is 3.59. The second kappa shape index (κ2) is 7.25. The first kappa shape index (κ1) is 14.9. The minimum Gasteiger partial charge on any atom is -0.465 e. The van der Waals surface area contributed by atoms with Crippen LogP contribution in [0.2, 0.25) is 0 Å². The molecule has 16 heavy (non-hydrogen) atoms. The van der Waals surface area contributed by atoms with E-state index >= 15 is 0 Å². The molecule has 1 atom stereocenters. The number of sulfonamides is 1. The van der Waals surface area contributed by atoms with Crippen LogP contribution in [0, 0.1) is 12.3 Å². The van der Waals surface area contributed by atoms with Crippen molar-refractivity contribution in [1.82, 2.24) is 4.72 Å². The normalized spacial score (nSPS) is 12.8. The zero-order chi connectivity index (χ0) is 12.6. The van der Waals surface area contributed by atoms with E-state index in [2.05, 4.69) is 15.4 Å². The highest BCUT2D eigenvalue weighted by Gasteiger charge is 2.20. The van der Waals surface area contributed by atoms with Gasteiger partial charge in [0, 0.05) is 12.5 Å². The highest BCUT2D eigenvalue weighted by atomic mass is 32.2. The molecule has 6 heteroatoms. The van der Waals surface area contributed by atoms with Gasteiger partial charge in [-0.2, -0.15) is 0 Å². The van der Waals surface area contributed by atoms with Gasteiger partial charge in [-0.25, -0.2) is 13.1 Å². The molecule has 0 aliphatic heterocycles. The van der Waals surface area contributed by atoms with Gasteiger partial charge >= 0.3 is 5.97 Å². The number of carbonyl (C=O) groups is 1. The number of terminal acetylenes is 1. The molecule has 0 rings (SSSR count). The number of hydrogen-bond donors (Lipinski definition) is 1. The van der Waals surface area contributed by atoms with Crippen LogP contribution in [0.4, 0.5) is 0 Å². The zero-order valence-corrected chi connectivity index (χ0v) is 10.3. The summed E-state index contributed by atoms with van der Waals surface area (Å²) in [7, 11) is -3.66. The second-order valence-electron chi connectivity index (χ2n) is 3.20. The lowest BCUT2D eigenvalue weighted by Crippen LogP contribution is -2.38. The van der Waals surface area contributed by atoms with Crippen molar-refractivity contribution >= 4 is 16.0 Å². The average Bonchev–Trinajstić information content (AvgIpc) is 2.16.